The third-order valence-corrected chi connectivity index (χ3v) is 2.14. The highest BCUT2D eigenvalue weighted by molar-refractivity contribution is 5.91. The lowest BCUT2D eigenvalue weighted by Gasteiger charge is -2.11. The maximum atomic E-state index is 10.8. The second kappa shape index (κ2) is 3.70. The van der Waals surface area contributed by atoms with Crippen LogP contribution in [0.2, 0.25) is 0 Å². The minimum absolute atomic E-state index is 0.0197. The summed E-state index contributed by atoms with van der Waals surface area (Å²) in [6.45, 7) is 5.65. The number of hydrogen-bond acceptors (Lipinski definition) is 2. The zero-order valence-electron chi connectivity index (χ0n) is 8.53. The van der Waals surface area contributed by atoms with Crippen molar-refractivity contribution in [2.24, 2.45) is 0 Å². The normalized spacial score (nSPS) is 10.6. The van der Waals surface area contributed by atoms with Crippen LogP contribution in [0.5, 0.6) is 5.75 Å². The Hall–Kier alpha value is -1.51. The molecule has 0 spiro atoms. The van der Waals surface area contributed by atoms with Gasteiger partial charge in [-0.15, -0.1) is 0 Å². The quantitative estimate of drug-likeness (QED) is 0.760. The fourth-order valence-electron chi connectivity index (χ4n) is 1.41. The molecule has 1 rings (SSSR count). The first-order valence-corrected chi connectivity index (χ1v) is 4.50. The summed E-state index contributed by atoms with van der Waals surface area (Å²) in [5.41, 5.74) is 1.51. The molecule has 0 atom stereocenters. The van der Waals surface area contributed by atoms with Gasteiger partial charge in [-0.25, -0.2) is 4.79 Å². The van der Waals surface area contributed by atoms with Gasteiger partial charge in [0.1, 0.15) is 11.3 Å². The molecule has 0 saturated heterocycles. The van der Waals surface area contributed by atoms with Crippen LogP contribution in [0, 0.1) is 6.92 Å². The summed E-state index contributed by atoms with van der Waals surface area (Å²) in [5.74, 6) is -1.08. The van der Waals surface area contributed by atoms with E-state index in [0.29, 0.717) is 5.56 Å². The SMILES string of the molecule is Cc1cc(C(=O)O)c(O)c(C(C)C)c1. The van der Waals surface area contributed by atoms with E-state index < -0.39 is 5.97 Å². The second-order valence-electron chi connectivity index (χ2n) is 3.71. The predicted octanol–water partition coefficient (Wildman–Crippen LogP) is 2.52. The molecule has 0 aliphatic heterocycles. The van der Waals surface area contributed by atoms with Gasteiger partial charge in [-0.05, 0) is 30.0 Å². The molecule has 0 aliphatic rings. The van der Waals surface area contributed by atoms with Gasteiger partial charge in [-0.3, -0.25) is 0 Å². The van der Waals surface area contributed by atoms with Gasteiger partial charge in [0.15, 0.2) is 0 Å². The summed E-state index contributed by atoms with van der Waals surface area (Å²) in [5, 5.41) is 18.5. The first-order chi connectivity index (χ1) is 6.43. The van der Waals surface area contributed by atoms with Crippen molar-refractivity contribution in [1.82, 2.24) is 0 Å². The number of carboxylic acid groups (broad SMARTS) is 1. The van der Waals surface area contributed by atoms with Crippen LogP contribution in [0.15, 0.2) is 12.1 Å². The molecule has 0 radical (unpaired) electrons. The Balaban J connectivity index is 3.40. The fraction of sp³-hybridized carbons (Fsp3) is 0.364. The van der Waals surface area contributed by atoms with Crippen molar-refractivity contribution in [1.29, 1.82) is 0 Å². The molecule has 14 heavy (non-hydrogen) atoms. The van der Waals surface area contributed by atoms with Crippen LogP contribution >= 0.6 is 0 Å². The number of hydrogen-bond donors (Lipinski definition) is 2. The average molecular weight is 194 g/mol. The number of aromatic hydroxyl groups is 1. The van der Waals surface area contributed by atoms with Gasteiger partial charge in [0.2, 0.25) is 0 Å². The van der Waals surface area contributed by atoms with Gasteiger partial charge in [0, 0.05) is 0 Å². The molecule has 76 valence electrons. The molecule has 0 aromatic heterocycles. The Morgan fingerprint density at radius 1 is 1.36 bits per heavy atom. The maximum Gasteiger partial charge on any atom is 0.339 e. The number of benzene rings is 1. The Bertz CT molecular complexity index is 367. The number of aromatic carboxylic acids is 1. The third-order valence-electron chi connectivity index (χ3n) is 2.14. The van der Waals surface area contributed by atoms with E-state index in [9.17, 15) is 9.90 Å². The first-order valence-electron chi connectivity index (χ1n) is 4.50. The van der Waals surface area contributed by atoms with Gasteiger partial charge in [-0.1, -0.05) is 19.9 Å². The predicted molar refractivity (Wildman–Crippen MR) is 53.9 cm³/mol. The van der Waals surface area contributed by atoms with Gasteiger partial charge < -0.3 is 10.2 Å². The molecule has 3 heteroatoms. The van der Waals surface area contributed by atoms with Crippen LogP contribution in [0.3, 0.4) is 0 Å². The minimum Gasteiger partial charge on any atom is -0.507 e. The summed E-state index contributed by atoms with van der Waals surface area (Å²) in [6, 6.07) is 3.29. The number of carbonyl (C=O) groups is 1. The Morgan fingerprint density at radius 3 is 2.36 bits per heavy atom. The molecule has 0 fully saturated rings. The van der Waals surface area contributed by atoms with E-state index in [4.69, 9.17) is 5.11 Å². The van der Waals surface area contributed by atoms with Gasteiger partial charge in [0.25, 0.3) is 0 Å². The summed E-state index contributed by atoms with van der Waals surface area (Å²) in [7, 11) is 0. The van der Waals surface area contributed by atoms with Crippen LogP contribution in [-0.4, -0.2) is 16.2 Å². The van der Waals surface area contributed by atoms with E-state index in [1.807, 2.05) is 26.8 Å². The van der Waals surface area contributed by atoms with Crippen molar-refractivity contribution in [2.75, 3.05) is 0 Å². The first kappa shape index (κ1) is 10.6. The highest BCUT2D eigenvalue weighted by Crippen LogP contribution is 2.30. The monoisotopic (exact) mass is 194 g/mol. The number of aryl methyl sites for hydroxylation is 1. The minimum atomic E-state index is -1.09. The van der Waals surface area contributed by atoms with E-state index >= 15 is 0 Å². The Morgan fingerprint density at radius 2 is 1.93 bits per heavy atom. The number of rotatable bonds is 2. The highest BCUT2D eigenvalue weighted by Gasteiger charge is 2.15. The largest absolute Gasteiger partial charge is 0.507 e. The standard InChI is InChI=1S/C11H14O3/c1-6(2)8-4-7(3)5-9(10(8)12)11(13)14/h4-6,12H,1-3H3,(H,13,14). The van der Waals surface area contributed by atoms with Crippen LogP contribution in [0.25, 0.3) is 0 Å². The van der Waals surface area contributed by atoms with Gasteiger partial charge in [-0.2, -0.15) is 0 Å². The Labute approximate surface area is 83.0 Å². The van der Waals surface area contributed by atoms with E-state index in [1.165, 1.54) is 6.07 Å². The van der Waals surface area contributed by atoms with Crippen molar-refractivity contribution in [3.8, 4) is 5.75 Å². The van der Waals surface area contributed by atoms with Gasteiger partial charge >= 0.3 is 5.97 Å². The third kappa shape index (κ3) is 1.87. The zero-order chi connectivity index (χ0) is 10.9. The average Bonchev–Trinajstić information content (AvgIpc) is 2.07. The highest BCUT2D eigenvalue weighted by atomic mass is 16.4. The zero-order valence-corrected chi connectivity index (χ0v) is 8.53. The molecular formula is C11H14O3. The molecule has 0 amide bonds. The van der Waals surface area contributed by atoms with Crippen molar-refractivity contribution in [3.63, 3.8) is 0 Å². The smallest absolute Gasteiger partial charge is 0.339 e. The van der Waals surface area contributed by atoms with E-state index in [2.05, 4.69) is 0 Å². The maximum absolute atomic E-state index is 10.8. The Kier molecular flexibility index (Phi) is 2.79. The molecule has 0 unspecified atom stereocenters. The van der Waals surface area contributed by atoms with Crippen molar-refractivity contribution >= 4 is 5.97 Å². The lowest BCUT2D eigenvalue weighted by atomic mass is 9.96. The van der Waals surface area contributed by atoms with Crippen LogP contribution in [-0.2, 0) is 0 Å². The molecule has 0 heterocycles. The van der Waals surface area contributed by atoms with Crippen LogP contribution in [0.4, 0.5) is 0 Å². The summed E-state index contributed by atoms with van der Waals surface area (Å²) in [6.07, 6.45) is 0. The lowest BCUT2D eigenvalue weighted by Crippen LogP contribution is -2.01. The number of carboxylic acids is 1. The molecule has 1 aromatic rings. The van der Waals surface area contributed by atoms with Crippen molar-refractivity contribution < 1.29 is 15.0 Å². The number of phenols is 1. The molecule has 0 saturated carbocycles. The van der Waals surface area contributed by atoms with Crippen LogP contribution < -0.4 is 0 Å². The molecule has 1 aromatic carbocycles. The van der Waals surface area contributed by atoms with E-state index in [1.54, 1.807) is 0 Å². The van der Waals surface area contributed by atoms with E-state index in [-0.39, 0.29) is 17.2 Å². The van der Waals surface area contributed by atoms with Crippen LogP contribution in [0.1, 0.15) is 41.3 Å². The van der Waals surface area contributed by atoms with Crippen molar-refractivity contribution in [2.45, 2.75) is 26.7 Å². The lowest BCUT2D eigenvalue weighted by molar-refractivity contribution is 0.0693. The van der Waals surface area contributed by atoms with Gasteiger partial charge in [0.05, 0.1) is 0 Å². The topological polar surface area (TPSA) is 57.5 Å². The fourth-order valence-corrected chi connectivity index (χ4v) is 1.41. The summed E-state index contributed by atoms with van der Waals surface area (Å²) >= 11 is 0. The molecule has 0 aliphatic carbocycles. The molecular weight excluding hydrogens is 180 g/mol. The summed E-state index contributed by atoms with van der Waals surface area (Å²) in [4.78, 5) is 10.8. The molecule has 2 N–H and O–H groups in total. The molecule has 0 bridgehead atoms. The van der Waals surface area contributed by atoms with Crippen molar-refractivity contribution in [3.05, 3.63) is 28.8 Å². The molecule has 3 nitrogen and oxygen atoms in total. The summed E-state index contributed by atoms with van der Waals surface area (Å²) < 4.78 is 0. The second-order valence-corrected chi connectivity index (χ2v) is 3.71. The van der Waals surface area contributed by atoms with E-state index in [0.717, 1.165) is 5.56 Å².